The van der Waals surface area contributed by atoms with Gasteiger partial charge in [-0.2, -0.15) is 11.1 Å². The van der Waals surface area contributed by atoms with Gasteiger partial charge >= 0.3 is 0 Å². The summed E-state index contributed by atoms with van der Waals surface area (Å²) in [7, 11) is -1.77. The predicted molar refractivity (Wildman–Crippen MR) is 81.9 cm³/mol. The lowest BCUT2D eigenvalue weighted by atomic mass is 10.1. The van der Waals surface area contributed by atoms with Gasteiger partial charge in [0, 0.05) is 0 Å². The molecule has 0 aliphatic rings. The Morgan fingerprint density at radius 3 is 1.88 bits per heavy atom. The fourth-order valence-corrected chi connectivity index (χ4v) is 6.35. The maximum absolute atomic E-state index is 6.85. The van der Waals surface area contributed by atoms with Crippen molar-refractivity contribution in [2.45, 2.75) is 53.1 Å². The zero-order valence-electron chi connectivity index (χ0n) is 11.8. The summed E-state index contributed by atoms with van der Waals surface area (Å²) in [6.45, 7) is 11.2. The second kappa shape index (κ2) is 6.06. The molecular weight excluding hydrogens is 244 g/mol. The fraction of sp³-hybridized carbons (Fsp3) is 0.600. The van der Waals surface area contributed by atoms with Crippen LogP contribution in [0, 0.1) is 5.92 Å². The third kappa shape index (κ3) is 4.15. The molecule has 1 aromatic rings. The topological polar surface area (TPSA) is 0 Å². The molecule has 17 heavy (non-hydrogen) atoms. The molecule has 0 fully saturated rings. The largest absolute Gasteiger partial charge is 0.184 e. The molecule has 0 amide bonds. The van der Waals surface area contributed by atoms with E-state index in [0.717, 1.165) is 18.9 Å². The predicted octanol–water partition coefficient (Wildman–Crippen LogP) is 4.49. The van der Waals surface area contributed by atoms with Crippen LogP contribution < -0.4 is 5.19 Å². The van der Waals surface area contributed by atoms with Crippen LogP contribution in [0.1, 0.15) is 38.8 Å². The number of benzene rings is 1. The first-order valence-electron chi connectivity index (χ1n) is 6.71. The first kappa shape index (κ1) is 14.8. The summed E-state index contributed by atoms with van der Waals surface area (Å²) in [6.07, 6.45) is 2.20. The number of rotatable bonds is 5. The summed E-state index contributed by atoms with van der Waals surface area (Å²) in [5, 5.41) is 1.42. The van der Waals surface area contributed by atoms with Crippen molar-refractivity contribution in [3.8, 4) is 0 Å². The van der Waals surface area contributed by atoms with Gasteiger partial charge < -0.3 is 0 Å². The number of hydrogen-bond acceptors (Lipinski definition) is 0. The van der Waals surface area contributed by atoms with E-state index in [-0.39, 0.29) is 0 Å². The van der Waals surface area contributed by atoms with Gasteiger partial charge in [0.25, 0.3) is 0 Å². The number of aryl methyl sites for hydroxylation is 2. The zero-order chi connectivity index (χ0) is 13.1. The Morgan fingerprint density at radius 2 is 1.53 bits per heavy atom. The first-order chi connectivity index (χ1) is 7.89. The van der Waals surface area contributed by atoms with Gasteiger partial charge in [-0.3, -0.25) is 0 Å². The second-order valence-electron chi connectivity index (χ2n) is 5.54. The molecule has 96 valence electrons. The van der Waals surface area contributed by atoms with Crippen molar-refractivity contribution in [2.75, 3.05) is 0 Å². The van der Waals surface area contributed by atoms with E-state index in [1.165, 1.54) is 16.3 Å². The fourth-order valence-electron chi connectivity index (χ4n) is 2.36. The van der Waals surface area contributed by atoms with E-state index < -0.39 is 7.38 Å². The quantitative estimate of drug-likeness (QED) is 0.545. The number of halogens is 1. The Morgan fingerprint density at radius 1 is 1.06 bits per heavy atom. The summed E-state index contributed by atoms with van der Waals surface area (Å²) < 4.78 is 0. The van der Waals surface area contributed by atoms with Crippen LogP contribution in [0.5, 0.6) is 0 Å². The molecule has 0 bridgehead atoms. The van der Waals surface area contributed by atoms with E-state index in [1.807, 2.05) is 0 Å². The van der Waals surface area contributed by atoms with E-state index in [0.29, 0.717) is 5.92 Å². The van der Waals surface area contributed by atoms with E-state index in [2.05, 4.69) is 52.4 Å². The highest BCUT2D eigenvalue weighted by Crippen LogP contribution is 2.22. The Bertz CT molecular complexity index is 347. The Hall–Kier alpha value is -0.273. The molecule has 1 unspecified atom stereocenters. The van der Waals surface area contributed by atoms with Gasteiger partial charge in [-0.05, 0) is 41.1 Å². The van der Waals surface area contributed by atoms with Crippen LogP contribution in [0.15, 0.2) is 18.2 Å². The van der Waals surface area contributed by atoms with Gasteiger partial charge in [-0.15, -0.1) is 0 Å². The molecule has 0 N–H and O–H groups in total. The van der Waals surface area contributed by atoms with E-state index in [4.69, 9.17) is 11.1 Å². The summed E-state index contributed by atoms with van der Waals surface area (Å²) >= 11 is 6.85. The van der Waals surface area contributed by atoms with Crippen LogP contribution in [-0.4, -0.2) is 7.38 Å². The van der Waals surface area contributed by atoms with Crippen LogP contribution in [0.25, 0.3) is 0 Å². The van der Waals surface area contributed by atoms with E-state index in [1.54, 1.807) is 0 Å². The Labute approximate surface area is 112 Å². The minimum atomic E-state index is -1.77. The highest BCUT2D eigenvalue weighted by Gasteiger charge is 2.28. The molecule has 0 heterocycles. The minimum Gasteiger partial charge on any atom is -0.161 e. The molecule has 0 radical (unpaired) electrons. The maximum Gasteiger partial charge on any atom is 0.184 e. The molecule has 2 heteroatoms. The first-order valence-corrected chi connectivity index (χ1v) is 10.4. The van der Waals surface area contributed by atoms with Crippen LogP contribution in [0.4, 0.5) is 0 Å². The molecule has 0 nitrogen and oxygen atoms in total. The van der Waals surface area contributed by atoms with Crippen molar-refractivity contribution in [3.05, 3.63) is 29.3 Å². The van der Waals surface area contributed by atoms with Gasteiger partial charge in [0.05, 0.1) is 0 Å². The molecule has 0 spiro atoms. The summed E-state index contributed by atoms with van der Waals surface area (Å²) in [4.78, 5) is 0. The minimum absolute atomic E-state index is 0.680. The smallest absolute Gasteiger partial charge is 0.161 e. The van der Waals surface area contributed by atoms with Gasteiger partial charge in [0.2, 0.25) is 0 Å². The van der Waals surface area contributed by atoms with Gasteiger partial charge in [0.15, 0.2) is 7.38 Å². The van der Waals surface area contributed by atoms with Gasteiger partial charge in [-0.1, -0.05) is 52.4 Å². The summed E-state index contributed by atoms with van der Waals surface area (Å²) in [5.74, 6) is 0.680. The monoisotopic (exact) mass is 268 g/mol. The molecule has 0 saturated heterocycles. The molecule has 0 saturated carbocycles. The highest BCUT2D eigenvalue weighted by atomic mass is 35.6. The average Bonchev–Trinajstić information content (AvgIpc) is 2.26. The third-order valence-corrected chi connectivity index (χ3v) is 7.46. The molecule has 1 rings (SSSR count). The van der Waals surface area contributed by atoms with Crippen molar-refractivity contribution < 1.29 is 0 Å². The van der Waals surface area contributed by atoms with Crippen LogP contribution in [-0.2, 0) is 12.8 Å². The lowest BCUT2D eigenvalue weighted by Crippen LogP contribution is -2.40. The summed E-state index contributed by atoms with van der Waals surface area (Å²) in [5.41, 5.74) is 2.87. The lowest BCUT2D eigenvalue weighted by molar-refractivity contribution is 0.726. The summed E-state index contributed by atoms with van der Waals surface area (Å²) in [6, 6.07) is 8.15. The third-order valence-electron chi connectivity index (χ3n) is 3.26. The second-order valence-corrected chi connectivity index (χ2v) is 11.4. The normalized spacial score (nSPS) is 15.0. The highest BCUT2D eigenvalue weighted by molar-refractivity contribution is 7.26. The lowest BCUT2D eigenvalue weighted by Gasteiger charge is -2.23. The van der Waals surface area contributed by atoms with E-state index in [9.17, 15) is 0 Å². The van der Waals surface area contributed by atoms with Crippen molar-refractivity contribution in [1.29, 1.82) is 0 Å². The molecule has 1 aromatic carbocycles. The Balaban J connectivity index is 3.11. The number of hydrogen-bond donors (Lipinski definition) is 0. The Kier molecular flexibility index (Phi) is 5.27. The van der Waals surface area contributed by atoms with Gasteiger partial charge in [0.1, 0.15) is 0 Å². The van der Waals surface area contributed by atoms with Crippen LogP contribution in [0.2, 0.25) is 12.6 Å². The molecule has 0 aliphatic carbocycles. The van der Waals surface area contributed by atoms with Crippen molar-refractivity contribution in [1.82, 2.24) is 0 Å². The van der Waals surface area contributed by atoms with Crippen molar-refractivity contribution in [2.24, 2.45) is 5.92 Å². The maximum atomic E-state index is 6.85. The molecule has 0 aromatic heterocycles. The van der Waals surface area contributed by atoms with Crippen molar-refractivity contribution in [3.63, 3.8) is 0 Å². The van der Waals surface area contributed by atoms with Crippen LogP contribution >= 0.6 is 11.1 Å². The zero-order valence-corrected chi connectivity index (χ0v) is 13.6. The molecule has 0 aliphatic heterocycles. The molecular formula is C15H25ClSi. The van der Waals surface area contributed by atoms with Gasteiger partial charge in [-0.25, -0.2) is 0 Å². The molecule has 1 atom stereocenters. The standard InChI is InChI=1S/C15H25ClSi/c1-6-13-8-14(7-2)10-15(9-13)17(5,16)11-12(3)4/h8-10,12H,6-7,11H2,1-5H3. The average molecular weight is 269 g/mol. The van der Waals surface area contributed by atoms with Crippen molar-refractivity contribution >= 4 is 23.6 Å². The van der Waals surface area contributed by atoms with Crippen LogP contribution in [0.3, 0.4) is 0 Å². The van der Waals surface area contributed by atoms with E-state index >= 15 is 0 Å². The SMILES string of the molecule is CCc1cc(CC)cc([Si](C)(Cl)CC(C)C)c1.